The minimum absolute atomic E-state index is 0.380. The van der Waals surface area contributed by atoms with Crippen molar-refractivity contribution >= 4 is 5.82 Å². The van der Waals surface area contributed by atoms with Gasteiger partial charge in [0, 0.05) is 25.8 Å². The molecule has 0 aliphatic carbocycles. The molecule has 0 bridgehead atoms. The van der Waals surface area contributed by atoms with Crippen molar-refractivity contribution in [2.45, 2.75) is 13.1 Å². The number of anilines is 1. The molecule has 2 rings (SSSR count). The Labute approximate surface area is 90.7 Å². The van der Waals surface area contributed by atoms with Crippen LogP contribution in [0.25, 0.3) is 0 Å². The van der Waals surface area contributed by atoms with Crippen LogP contribution in [0.5, 0.6) is 0 Å². The summed E-state index contributed by atoms with van der Waals surface area (Å²) in [6.45, 7) is 6.13. The quantitative estimate of drug-likeness (QED) is 0.752. The van der Waals surface area contributed by atoms with Crippen LogP contribution in [0.4, 0.5) is 5.82 Å². The Kier molecular flexibility index (Phi) is 3.53. The summed E-state index contributed by atoms with van der Waals surface area (Å²) in [6.07, 6.45) is 2.23. The van der Waals surface area contributed by atoms with Crippen LogP contribution in [-0.4, -0.2) is 37.3 Å². The fraction of sp³-hybridized carbons (Fsp3) is 0.545. The van der Waals surface area contributed by atoms with Gasteiger partial charge in [0.1, 0.15) is 5.82 Å². The highest BCUT2D eigenvalue weighted by molar-refractivity contribution is 5.38. The molecule has 2 N–H and O–H groups in total. The van der Waals surface area contributed by atoms with E-state index >= 15 is 0 Å². The third-order valence-corrected chi connectivity index (χ3v) is 2.60. The van der Waals surface area contributed by atoms with Crippen molar-refractivity contribution in [3.8, 4) is 0 Å². The lowest BCUT2D eigenvalue weighted by Gasteiger charge is -2.34. The van der Waals surface area contributed by atoms with E-state index in [1.165, 1.54) is 0 Å². The SMILES string of the molecule is CCNC1CN(c2ccccn2)CCN1. The van der Waals surface area contributed by atoms with Crippen molar-refractivity contribution in [3.05, 3.63) is 24.4 Å². The average molecular weight is 206 g/mol. The molecule has 1 aromatic heterocycles. The van der Waals surface area contributed by atoms with Crippen molar-refractivity contribution < 1.29 is 0 Å². The lowest BCUT2D eigenvalue weighted by atomic mass is 10.3. The zero-order chi connectivity index (χ0) is 10.5. The van der Waals surface area contributed by atoms with Gasteiger partial charge in [-0.05, 0) is 18.7 Å². The van der Waals surface area contributed by atoms with Gasteiger partial charge in [-0.25, -0.2) is 4.98 Å². The summed E-state index contributed by atoms with van der Waals surface area (Å²) < 4.78 is 0. The number of hydrogen-bond donors (Lipinski definition) is 2. The fourth-order valence-electron chi connectivity index (χ4n) is 1.88. The van der Waals surface area contributed by atoms with E-state index in [-0.39, 0.29) is 0 Å². The number of aromatic nitrogens is 1. The number of likely N-dealkylation sites (N-methyl/N-ethyl adjacent to an activating group) is 1. The van der Waals surface area contributed by atoms with Crippen LogP contribution in [0.2, 0.25) is 0 Å². The maximum Gasteiger partial charge on any atom is 0.128 e. The highest BCUT2D eigenvalue weighted by atomic mass is 15.3. The van der Waals surface area contributed by atoms with Gasteiger partial charge in [0.25, 0.3) is 0 Å². The van der Waals surface area contributed by atoms with Crippen LogP contribution in [-0.2, 0) is 0 Å². The van der Waals surface area contributed by atoms with Gasteiger partial charge in [-0.3, -0.25) is 5.32 Å². The second kappa shape index (κ2) is 5.09. The molecule has 0 aromatic carbocycles. The molecule has 1 aliphatic rings. The van der Waals surface area contributed by atoms with Gasteiger partial charge < -0.3 is 10.2 Å². The summed E-state index contributed by atoms with van der Waals surface area (Å²) in [4.78, 5) is 6.68. The highest BCUT2D eigenvalue weighted by Crippen LogP contribution is 2.10. The van der Waals surface area contributed by atoms with Crippen molar-refractivity contribution in [2.75, 3.05) is 31.1 Å². The predicted molar refractivity (Wildman–Crippen MR) is 61.9 cm³/mol. The number of piperazine rings is 1. The largest absolute Gasteiger partial charge is 0.352 e. The average Bonchev–Trinajstić information content (AvgIpc) is 2.31. The molecular formula is C11H18N4. The van der Waals surface area contributed by atoms with Crippen molar-refractivity contribution in [2.24, 2.45) is 0 Å². The van der Waals surface area contributed by atoms with Crippen molar-refractivity contribution in [1.29, 1.82) is 0 Å². The van der Waals surface area contributed by atoms with Crippen LogP contribution in [0.1, 0.15) is 6.92 Å². The standard InChI is InChI=1S/C11H18N4/c1-2-12-10-9-15(8-7-13-10)11-5-3-4-6-14-11/h3-6,10,12-13H,2,7-9H2,1H3. The first-order valence-electron chi connectivity index (χ1n) is 5.53. The van der Waals surface area contributed by atoms with Gasteiger partial charge in [0.05, 0.1) is 6.17 Å². The molecule has 1 unspecified atom stereocenters. The topological polar surface area (TPSA) is 40.2 Å². The van der Waals surface area contributed by atoms with Gasteiger partial charge in [-0.1, -0.05) is 13.0 Å². The van der Waals surface area contributed by atoms with E-state index in [0.717, 1.165) is 32.0 Å². The summed E-state index contributed by atoms with van der Waals surface area (Å²) in [5.41, 5.74) is 0. The molecule has 1 aromatic rings. The lowest BCUT2D eigenvalue weighted by Crippen LogP contribution is -2.57. The molecule has 0 amide bonds. The molecule has 1 fully saturated rings. The number of hydrogen-bond acceptors (Lipinski definition) is 4. The first kappa shape index (κ1) is 10.4. The summed E-state index contributed by atoms with van der Waals surface area (Å²) in [5.74, 6) is 1.07. The zero-order valence-electron chi connectivity index (χ0n) is 9.11. The molecule has 1 aliphatic heterocycles. The summed E-state index contributed by atoms with van der Waals surface area (Å²) in [7, 11) is 0. The Bertz CT molecular complexity index is 286. The summed E-state index contributed by atoms with van der Waals surface area (Å²) in [6, 6.07) is 6.05. The molecule has 0 radical (unpaired) electrons. The molecule has 4 nitrogen and oxygen atoms in total. The van der Waals surface area contributed by atoms with Crippen molar-refractivity contribution in [1.82, 2.24) is 15.6 Å². The minimum Gasteiger partial charge on any atom is -0.352 e. The Balaban J connectivity index is 1.98. The van der Waals surface area contributed by atoms with E-state index in [1.54, 1.807) is 0 Å². The molecule has 82 valence electrons. The van der Waals surface area contributed by atoms with E-state index in [0.29, 0.717) is 6.17 Å². The monoisotopic (exact) mass is 206 g/mol. The fourth-order valence-corrected chi connectivity index (χ4v) is 1.88. The van der Waals surface area contributed by atoms with Gasteiger partial charge in [-0.15, -0.1) is 0 Å². The van der Waals surface area contributed by atoms with Crippen molar-refractivity contribution in [3.63, 3.8) is 0 Å². The van der Waals surface area contributed by atoms with Crippen LogP contribution >= 0.6 is 0 Å². The van der Waals surface area contributed by atoms with Crippen LogP contribution < -0.4 is 15.5 Å². The van der Waals surface area contributed by atoms with E-state index in [9.17, 15) is 0 Å². The molecule has 2 heterocycles. The second-order valence-electron chi connectivity index (χ2n) is 3.70. The van der Waals surface area contributed by atoms with Crippen LogP contribution in [0.15, 0.2) is 24.4 Å². The third kappa shape index (κ3) is 2.67. The second-order valence-corrected chi connectivity index (χ2v) is 3.70. The molecule has 0 saturated carbocycles. The van der Waals surface area contributed by atoms with Gasteiger partial charge in [-0.2, -0.15) is 0 Å². The smallest absolute Gasteiger partial charge is 0.128 e. The number of rotatable bonds is 3. The highest BCUT2D eigenvalue weighted by Gasteiger charge is 2.18. The van der Waals surface area contributed by atoms with E-state index in [1.807, 2.05) is 18.3 Å². The Hall–Kier alpha value is -1.13. The first-order valence-corrected chi connectivity index (χ1v) is 5.53. The van der Waals surface area contributed by atoms with E-state index in [2.05, 4.69) is 33.5 Å². The van der Waals surface area contributed by atoms with Gasteiger partial charge in [0.15, 0.2) is 0 Å². The summed E-state index contributed by atoms with van der Waals surface area (Å²) >= 11 is 0. The molecule has 15 heavy (non-hydrogen) atoms. The van der Waals surface area contributed by atoms with Crippen LogP contribution in [0, 0.1) is 0 Å². The minimum atomic E-state index is 0.380. The Morgan fingerprint density at radius 2 is 2.53 bits per heavy atom. The maximum atomic E-state index is 4.37. The molecule has 0 spiro atoms. The third-order valence-electron chi connectivity index (χ3n) is 2.60. The predicted octanol–water partition coefficient (Wildman–Crippen LogP) is 0.427. The maximum absolute atomic E-state index is 4.37. The Morgan fingerprint density at radius 3 is 3.27 bits per heavy atom. The molecule has 4 heteroatoms. The molecule has 1 saturated heterocycles. The number of pyridine rings is 1. The molecular weight excluding hydrogens is 188 g/mol. The Morgan fingerprint density at radius 1 is 1.60 bits per heavy atom. The number of nitrogens with one attached hydrogen (secondary N) is 2. The summed E-state index contributed by atoms with van der Waals surface area (Å²) in [5, 5.41) is 6.84. The van der Waals surface area contributed by atoms with E-state index < -0.39 is 0 Å². The first-order chi connectivity index (χ1) is 7.40. The number of nitrogens with zero attached hydrogens (tertiary/aromatic N) is 2. The molecule has 1 atom stereocenters. The normalized spacial score (nSPS) is 21.7. The van der Waals surface area contributed by atoms with Crippen LogP contribution in [0.3, 0.4) is 0 Å². The van der Waals surface area contributed by atoms with E-state index in [4.69, 9.17) is 0 Å². The van der Waals surface area contributed by atoms with Gasteiger partial charge >= 0.3 is 0 Å². The van der Waals surface area contributed by atoms with Gasteiger partial charge in [0.2, 0.25) is 0 Å². The lowest BCUT2D eigenvalue weighted by molar-refractivity contribution is 0.395. The zero-order valence-corrected chi connectivity index (χ0v) is 9.11.